The number of rotatable bonds is 4. The number of nitrogens with zero attached hydrogens (tertiary/aromatic N) is 1. The predicted molar refractivity (Wildman–Crippen MR) is 89.3 cm³/mol. The Morgan fingerprint density at radius 3 is 2.75 bits per heavy atom. The van der Waals surface area contributed by atoms with Crippen LogP contribution in [0.5, 0.6) is 11.5 Å². The maximum atomic E-state index is 12.4. The molecule has 0 amide bonds. The molecule has 0 spiro atoms. The van der Waals surface area contributed by atoms with Crippen molar-refractivity contribution in [2.24, 2.45) is 0 Å². The lowest BCUT2D eigenvalue weighted by atomic mass is 10.0. The van der Waals surface area contributed by atoms with E-state index in [4.69, 9.17) is 14.2 Å². The van der Waals surface area contributed by atoms with Gasteiger partial charge >= 0.3 is 10.1 Å². The number of hydrogen-bond donors (Lipinski definition) is 0. The van der Waals surface area contributed by atoms with Crippen LogP contribution in [0.1, 0.15) is 30.5 Å². The number of nitriles is 1. The smallest absolute Gasteiger partial charge is 0.313 e. The number of benzene rings is 2. The van der Waals surface area contributed by atoms with E-state index in [1.807, 2.05) is 26.0 Å². The highest BCUT2D eigenvalue weighted by atomic mass is 32.2. The fourth-order valence-corrected chi connectivity index (χ4v) is 3.81. The average Bonchev–Trinajstić information content (AvgIpc) is 2.82. The van der Waals surface area contributed by atoms with Crippen molar-refractivity contribution in [1.29, 1.82) is 5.26 Å². The normalized spacial score (nSPS) is 15.2. The molecule has 0 aliphatic carbocycles. The molecular formula is C18H17NO4S. The van der Waals surface area contributed by atoms with Crippen LogP contribution in [-0.4, -0.2) is 14.0 Å². The van der Waals surface area contributed by atoms with Gasteiger partial charge in [-0.2, -0.15) is 13.7 Å². The molecule has 6 heteroatoms. The van der Waals surface area contributed by atoms with E-state index in [0.717, 1.165) is 5.56 Å². The molecule has 3 rings (SSSR count). The summed E-state index contributed by atoms with van der Waals surface area (Å²) in [5.74, 6) is 0.377. The molecule has 5 nitrogen and oxygen atoms in total. The average molecular weight is 343 g/mol. The molecule has 0 radical (unpaired) electrons. The topological polar surface area (TPSA) is 76.4 Å². The van der Waals surface area contributed by atoms with Gasteiger partial charge in [-0.3, -0.25) is 0 Å². The summed E-state index contributed by atoms with van der Waals surface area (Å²) >= 11 is 0. The van der Waals surface area contributed by atoms with Crippen molar-refractivity contribution in [3.63, 3.8) is 0 Å². The minimum atomic E-state index is -3.86. The molecule has 0 saturated carbocycles. The van der Waals surface area contributed by atoms with Crippen molar-refractivity contribution in [1.82, 2.24) is 0 Å². The van der Waals surface area contributed by atoms with Gasteiger partial charge in [0.1, 0.15) is 11.4 Å². The molecule has 2 aromatic carbocycles. The Morgan fingerprint density at radius 2 is 2.00 bits per heavy atom. The van der Waals surface area contributed by atoms with Crippen LogP contribution in [0.25, 0.3) is 0 Å². The van der Waals surface area contributed by atoms with E-state index in [0.29, 0.717) is 23.3 Å². The highest BCUT2D eigenvalue weighted by Gasteiger charge is 2.33. The summed E-state index contributed by atoms with van der Waals surface area (Å²) < 4.78 is 35.8. The zero-order valence-electron chi connectivity index (χ0n) is 13.4. The molecule has 24 heavy (non-hydrogen) atoms. The van der Waals surface area contributed by atoms with E-state index in [1.165, 1.54) is 6.07 Å². The first-order valence-corrected chi connectivity index (χ1v) is 9.08. The summed E-state index contributed by atoms with van der Waals surface area (Å²) in [5, 5.41) is 8.90. The Labute approximate surface area is 141 Å². The summed E-state index contributed by atoms with van der Waals surface area (Å²) in [6.07, 6.45) is 0.698. The molecule has 0 bridgehead atoms. The lowest BCUT2D eigenvalue weighted by Crippen LogP contribution is -2.25. The van der Waals surface area contributed by atoms with Crippen molar-refractivity contribution < 1.29 is 17.3 Å². The Kier molecular flexibility index (Phi) is 3.98. The minimum absolute atomic E-state index is 0.203. The first-order chi connectivity index (χ1) is 11.3. The van der Waals surface area contributed by atoms with Crippen LogP contribution in [0.3, 0.4) is 0 Å². The Bertz CT molecular complexity index is 926. The second-order valence-corrected chi connectivity index (χ2v) is 7.95. The highest BCUT2D eigenvalue weighted by Crippen LogP contribution is 2.42. The molecule has 0 aromatic heterocycles. The van der Waals surface area contributed by atoms with Gasteiger partial charge in [0.25, 0.3) is 0 Å². The van der Waals surface area contributed by atoms with Gasteiger partial charge in [-0.25, -0.2) is 0 Å². The molecule has 0 unspecified atom stereocenters. The van der Waals surface area contributed by atoms with Crippen LogP contribution < -0.4 is 8.92 Å². The predicted octanol–water partition coefficient (Wildman–Crippen LogP) is 3.18. The van der Waals surface area contributed by atoms with Gasteiger partial charge in [0, 0.05) is 12.0 Å². The maximum Gasteiger partial charge on any atom is 0.313 e. The molecule has 1 aliphatic rings. The van der Waals surface area contributed by atoms with Crippen LogP contribution in [0.2, 0.25) is 0 Å². The van der Waals surface area contributed by atoms with Crippen LogP contribution >= 0.6 is 0 Å². The van der Waals surface area contributed by atoms with Crippen LogP contribution in [0.15, 0.2) is 42.5 Å². The van der Waals surface area contributed by atoms with Gasteiger partial charge in [-0.1, -0.05) is 24.3 Å². The number of fused-ring (bicyclic) bond motifs is 1. The van der Waals surface area contributed by atoms with Crippen LogP contribution in [0, 0.1) is 11.3 Å². The third kappa shape index (κ3) is 3.52. The first kappa shape index (κ1) is 16.3. The quantitative estimate of drug-likeness (QED) is 0.797. The maximum absolute atomic E-state index is 12.4. The molecular weight excluding hydrogens is 326 g/mol. The Balaban J connectivity index is 1.84. The van der Waals surface area contributed by atoms with E-state index in [1.54, 1.807) is 30.3 Å². The minimum Gasteiger partial charge on any atom is -0.483 e. The third-order valence-corrected chi connectivity index (χ3v) is 4.79. The van der Waals surface area contributed by atoms with Crippen molar-refractivity contribution >= 4 is 10.1 Å². The van der Waals surface area contributed by atoms with Gasteiger partial charge in [0.05, 0.1) is 11.6 Å². The standard InChI is InChI=1S/C18H17NO4S/c1-18(2)10-15-7-4-8-16(17(15)22-18)23-24(20,21)12-14-6-3-5-13(9-14)11-19/h3-9H,10,12H2,1-2H3. The summed E-state index contributed by atoms with van der Waals surface area (Å²) in [7, 11) is -3.86. The van der Waals surface area contributed by atoms with Gasteiger partial charge in [0.2, 0.25) is 0 Å². The number of para-hydroxylation sites is 1. The van der Waals surface area contributed by atoms with Crippen molar-refractivity contribution in [3.05, 3.63) is 59.2 Å². The SMILES string of the molecule is CC1(C)Cc2cccc(OS(=O)(=O)Cc3cccc(C#N)c3)c2O1. The number of hydrogen-bond acceptors (Lipinski definition) is 5. The van der Waals surface area contributed by atoms with Crippen molar-refractivity contribution in [2.45, 2.75) is 31.6 Å². The third-order valence-electron chi connectivity index (χ3n) is 3.67. The van der Waals surface area contributed by atoms with E-state index < -0.39 is 10.1 Å². The second-order valence-electron chi connectivity index (χ2n) is 6.38. The molecule has 0 N–H and O–H groups in total. The monoisotopic (exact) mass is 343 g/mol. The van der Waals surface area contributed by atoms with E-state index >= 15 is 0 Å². The van der Waals surface area contributed by atoms with Crippen LogP contribution in [-0.2, 0) is 22.3 Å². The fourth-order valence-electron chi connectivity index (χ4n) is 2.75. The fraction of sp³-hybridized carbons (Fsp3) is 0.278. The van der Waals surface area contributed by atoms with Gasteiger partial charge < -0.3 is 8.92 Å². The Morgan fingerprint density at radius 1 is 1.25 bits per heavy atom. The summed E-state index contributed by atoms with van der Waals surface area (Å²) in [6, 6.07) is 13.7. The molecule has 1 aliphatic heterocycles. The lowest BCUT2D eigenvalue weighted by Gasteiger charge is -2.18. The molecule has 0 fully saturated rings. The van der Waals surface area contributed by atoms with Crippen LogP contribution in [0.4, 0.5) is 0 Å². The molecule has 0 saturated heterocycles. The number of ether oxygens (including phenoxy) is 1. The van der Waals surface area contributed by atoms with Gasteiger partial charge in [0.15, 0.2) is 11.5 Å². The molecule has 1 heterocycles. The second kappa shape index (κ2) is 5.84. The summed E-state index contributed by atoms with van der Waals surface area (Å²) in [6.45, 7) is 3.89. The van der Waals surface area contributed by atoms with Gasteiger partial charge in [-0.15, -0.1) is 0 Å². The van der Waals surface area contributed by atoms with Crippen molar-refractivity contribution in [2.75, 3.05) is 0 Å². The zero-order valence-corrected chi connectivity index (χ0v) is 14.3. The molecule has 124 valence electrons. The molecule has 2 aromatic rings. The Hall–Kier alpha value is -2.52. The molecule has 0 atom stereocenters. The largest absolute Gasteiger partial charge is 0.483 e. The zero-order chi connectivity index (χ0) is 17.4. The van der Waals surface area contributed by atoms with Crippen molar-refractivity contribution in [3.8, 4) is 17.6 Å². The first-order valence-electron chi connectivity index (χ1n) is 7.50. The highest BCUT2D eigenvalue weighted by molar-refractivity contribution is 7.86. The summed E-state index contributed by atoms with van der Waals surface area (Å²) in [4.78, 5) is 0. The van der Waals surface area contributed by atoms with E-state index in [2.05, 4.69) is 0 Å². The lowest BCUT2D eigenvalue weighted by molar-refractivity contribution is 0.136. The van der Waals surface area contributed by atoms with E-state index in [-0.39, 0.29) is 17.1 Å². The van der Waals surface area contributed by atoms with E-state index in [9.17, 15) is 8.42 Å². The van der Waals surface area contributed by atoms with Gasteiger partial charge in [-0.05, 0) is 37.6 Å². The summed E-state index contributed by atoms with van der Waals surface area (Å²) in [5.41, 5.74) is 1.46.